The van der Waals surface area contributed by atoms with E-state index in [9.17, 15) is 4.79 Å². The lowest BCUT2D eigenvalue weighted by Gasteiger charge is -2.22. The number of carbonyl (C=O) groups excluding carboxylic acids is 1. The van der Waals surface area contributed by atoms with Crippen molar-refractivity contribution in [1.82, 2.24) is 10.6 Å². The van der Waals surface area contributed by atoms with Crippen LogP contribution in [0, 0.1) is 5.92 Å². The topological polar surface area (TPSA) is 59.6 Å². The second-order valence-electron chi connectivity index (χ2n) is 4.98. The van der Waals surface area contributed by atoms with Gasteiger partial charge in [-0.2, -0.15) is 0 Å². The molecular weight excluding hydrogens is 256 g/mol. The first-order chi connectivity index (χ1) is 9.78. The largest absolute Gasteiger partial charge is 0.497 e. The molecule has 1 saturated heterocycles. The van der Waals surface area contributed by atoms with Gasteiger partial charge in [-0.05, 0) is 44.0 Å². The minimum absolute atomic E-state index is 0.0350. The normalized spacial score (nSPS) is 18.4. The zero-order valence-corrected chi connectivity index (χ0v) is 11.9. The molecule has 2 rings (SSSR count). The number of amides is 1. The fourth-order valence-electron chi connectivity index (χ4n) is 2.25. The van der Waals surface area contributed by atoms with Crippen LogP contribution in [0.2, 0.25) is 0 Å². The zero-order chi connectivity index (χ0) is 14.2. The SMILES string of the molecule is COc1cccc(OCC(=O)NCC2CCCNC2)c1. The summed E-state index contributed by atoms with van der Waals surface area (Å²) in [6, 6.07) is 7.24. The van der Waals surface area contributed by atoms with Crippen molar-refractivity contribution in [3.63, 3.8) is 0 Å². The third kappa shape index (κ3) is 4.74. The summed E-state index contributed by atoms with van der Waals surface area (Å²) in [7, 11) is 1.60. The van der Waals surface area contributed by atoms with E-state index in [0.717, 1.165) is 18.8 Å². The van der Waals surface area contributed by atoms with E-state index in [0.29, 0.717) is 18.2 Å². The van der Waals surface area contributed by atoms with Gasteiger partial charge in [0.2, 0.25) is 0 Å². The van der Waals surface area contributed by atoms with Gasteiger partial charge in [0, 0.05) is 12.6 Å². The van der Waals surface area contributed by atoms with E-state index in [2.05, 4.69) is 10.6 Å². The molecule has 0 radical (unpaired) electrons. The molecular formula is C15H22N2O3. The molecule has 110 valence electrons. The van der Waals surface area contributed by atoms with Crippen LogP contribution in [-0.2, 0) is 4.79 Å². The number of rotatable bonds is 6. The first-order valence-electron chi connectivity index (χ1n) is 7.02. The molecule has 1 atom stereocenters. The quantitative estimate of drug-likeness (QED) is 0.820. The fourth-order valence-corrected chi connectivity index (χ4v) is 2.25. The lowest BCUT2D eigenvalue weighted by atomic mass is 10.00. The smallest absolute Gasteiger partial charge is 0.257 e. The number of carbonyl (C=O) groups is 1. The van der Waals surface area contributed by atoms with E-state index in [1.807, 2.05) is 12.1 Å². The predicted octanol–water partition coefficient (Wildman–Crippen LogP) is 1.19. The van der Waals surface area contributed by atoms with Gasteiger partial charge in [0.05, 0.1) is 7.11 Å². The Balaban J connectivity index is 1.68. The van der Waals surface area contributed by atoms with E-state index in [-0.39, 0.29) is 12.5 Å². The summed E-state index contributed by atoms with van der Waals surface area (Å²) in [4.78, 5) is 11.7. The highest BCUT2D eigenvalue weighted by molar-refractivity contribution is 5.77. The molecule has 0 spiro atoms. The fraction of sp³-hybridized carbons (Fsp3) is 0.533. The molecule has 1 amide bonds. The van der Waals surface area contributed by atoms with Crippen LogP contribution >= 0.6 is 0 Å². The predicted molar refractivity (Wildman–Crippen MR) is 77.1 cm³/mol. The van der Waals surface area contributed by atoms with Gasteiger partial charge in [0.25, 0.3) is 5.91 Å². The molecule has 0 saturated carbocycles. The standard InChI is InChI=1S/C15H22N2O3/c1-19-13-5-2-6-14(8-13)20-11-15(18)17-10-12-4-3-7-16-9-12/h2,5-6,8,12,16H,3-4,7,9-11H2,1H3,(H,17,18). The monoisotopic (exact) mass is 278 g/mol. The maximum Gasteiger partial charge on any atom is 0.257 e. The number of benzene rings is 1. The van der Waals surface area contributed by atoms with Gasteiger partial charge < -0.3 is 20.1 Å². The third-order valence-corrected chi connectivity index (χ3v) is 3.40. The van der Waals surface area contributed by atoms with Gasteiger partial charge in [0.1, 0.15) is 11.5 Å². The molecule has 1 heterocycles. The molecule has 20 heavy (non-hydrogen) atoms. The number of hydrogen-bond donors (Lipinski definition) is 2. The van der Waals surface area contributed by atoms with Gasteiger partial charge in [-0.3, -0.25) is 4.79 Å². The lowest BCUT2D eigenvalue weighted by Crippen LogP contribution is -2.39. The number of nitrogens with one attached hydrogen (secondary N) is 2. The second-order valence-corrected chi connectivity index (χ2v) is 4.98. The van der Waals surface area contributed by atoms with Crippen LogP contribution in [0.15, 0.2) is 24.3 Å². The molecule has 2 N–H and O–H groups in total. The Labute approximate surface area is 119 Å². The van der Waals surface area contributed by atoms with E-state index in [1.165, 1.54) is 12.8 Å². The number of hydrogen-bond acceptors (Lipinski definition) is 4. The number of piperidine rings is 1. The van der Waals surface area contributed by atoms with E-state index in [1.54, 1.807) is 19.2 Å². The maximum atomic E-state index is 11.7. The van der Waals surface area contributed by atoms with Crippen LogP contribution in [-0.4, -0.2) is 39.3 Å². The minimum atomic E-state index is -0.0848. The van der Waals surface area contributed by atoms with Gasteiger partial charge >= 0.3 is 0 Å². The van der Waals surface area contributed by atoms with Crippen LogP contribution < -0.4 is 20.1 Å². The molecule has 0 aromatic heterocycles. The Kier molecular flexibility index (Phi) is 5.68. The molecule has 0 bridgehead atoms. The van der Waals surface area contributed by atoms with Crippen LogP contribution in [0.3, 0.4) is 0 Å². The van der Waals surface area contributed by atoms with E-state index < -0.39 is 0 Å². The minimum Gasteiger partial charge on any atom is -0.497 e. The average molecular weight is 278 g/mol. The molecule has 5 nitrogen and oxygen atoms in total. The van der Waals surface area contributed by atoms with Crippen molar-refractivity contribution in [2.45, 2.75) is 12.8 Å². The van der Waals surface area contributed by atoms with Crippen LogP contribution in [0.5, 0.6) is 11.5 Å². The van der Waals surface area contributed by atoms with E-state index in [4.69, 9.17) is 9.47 Å². The highest BCUT2D eigenvalue weighted by Crippen LogP contribution is 2.18. The Bertz CT molecular complexity index is 431. The highest BCUT2D eigenvalue weighted by Gasteiger charge is 2.13. The van der Waals surface area contributed by atoms with Crippen molar-refractivity contribution in [3.8, 4) is 11.5 Å². The third-order valence-electron chi connectivity index (χ3n) is 3.40. The van der Waals surface area contributed by atoms with Crippen molar-refractivity contribution in [3.05, 3.63) is 24.3 Å². The maximum absolute atomic E-state index is 11.7. The summed E-state index contributed by atoms with van der Waals surface area (Å²) in [5.74, 6) is 1.80. The molecule has 5 heteroatoms. The Morgan fingerprint density at radius 3 is 3.05 bits per heavy atom. The number of methoxy groups -OCH3 is 1. The van der Waals surface area contributed by atoms with Gasteiger partial charge in [-0.15, -0.1) is 0 Å². The summed E-state index contributed by atoms with van der Waals surface area (Å²) in [5, 5.41) is 6.25. The summed E-state index contributed by atoms with van der Waals surface area (Å²) < 4.78 is 10.5. The summed E-state index contributed by atoms with van der Waals surface area (Å²) in [6.45, 7) is 2.82. The Morgan fingerprint density at radius 1 is 1.45 bits per heavy atom. The van der Waals surface area contributed by atoms with Crippen molar-refractivity contribution in [2.24, 2.45) is 5.92 Å². The molecule has 1 aromatic rings. The molecule has 1 fully saturated rings. The van der Waals surface area contributed by atoms with Gasteiger partial charge in [-0.1, -0.05) is 6.07 Å². The summed E-state index contributed by atoms with van der Waals surface area (Å²) >= 11 is 0. The summed E-state index contributed by atoms with van der Waals surface area (Å²) in [5.41, 5.74) is 0. The first-order valence-corrected chi connectivity index (χ1v) is 7.02. The molecule has 0 aliphatic carbocycles. The zero-order valence-electron chi connectivity index (χ0n) is 11.9. The molecule has 1 aliphatic rings. The number of ether oxygens (including phenoxy) is 2. The Morgan fingerprint density at radius 2 is 2.30 bits per heavy atom. The highest BCUT2D eigenvalue weighted by atomic mass is 16.5. The first kappa shape index (κ1) is 14.7. The van der Waals surface area contributed by atoms with Crippen molar-refractivity contribution in [1.29, 1.82) is 0 Å². The van der Waals surface area contributed by atoms with Gasteiger partial charge in [-0.25, -0.2) is 0 Å². The lowest BCUT2D eigenvalue weighted by molar-refractivity contribution is -0.123. The van der Waals surface area contributed by atoms with Crippen LogP contribution in [0.4, 0.5) is 0 Å². The summed E-state index contributed by atoms with van der Waals surface area (Å²) in [6.07, 6.45) is 2.35. The second kappa shape index (κ2) is 7.75. The van der Waals surface area contributed by atoms with Crippen molar-refractivity contribution >= 4 is 5.91 Å². The molecule has 1 aromatic carbocycles. The van der Waals surface area contributed by atoms with Crippen molar-refractivity contribution in [2.75, 3.05) is 33.4 Å². The molecule has 1 unspecified atom stereocenters. The molecule has 1 aliphatic heterocycles. The van der Waals surface area contributed by atoms with E-state index >= 15 is 0 Å². The van der Waals surface area contributed by atoms with Crippen LogP contribution in [0.1, 0.15) is 12.8 Å². The van der Waals surface area contributed by atoms with Crippen molar-refractivity contribution < 1.29 is 14.3 Å². The Hall–Kier alpha value is -1.75. The average Bonchev–Trinajstić information content (AvgIpc) is 2.52. The van der Waals surface area contributed by atoms with Gasteiger partial charge in [0.15, 0.2) is 6.61 Å². The van der Waals surface area contributed by atoms with Crippen LogP contribution in [0.25, 0.3) is 0 Å².